The maximum Gasteiger partial charge on any atom is 0.274 e. The quantitative estimate of drug-likeness (QED) is 0.432. The van der Waals surface area contributed by atoms with Gasteiger partial charge in [-0.1, -0.05) is 11.3 Å². The van der Waals surface area contributed by atoms with Gasteiger partial charge >= 0.3 is 0 Å². The summed E-state index contributed by atoms with van der Waals surface area (Å²) in [6.07, 6.45) is 0. The second-order valence-electron chi connectivity index (χ2n) is 5.30. The molecule has 1 amide bonds. The number of fused-ring (bicyclic) bond motifs is 1. The van der Waals surface area contributed by atoms with Crippen LogP contribution in [0.15, 0.2) is 34.8 Å². The number of ether oxygens (including phenoxy) is 2. The van der Waals surface area contributed by atoms with Crippen molar-refractivity contribution in [2.45, 2.75) is 6.92 Å². The zero-order valence-electron chi connectivity index (χ0n) is 14.3. The number of aromatic nitrogens is 1. The molecule has 1 heterocycles. The Hall–Kier alpha value is -2.72. The van der Waals surface area contributed by atoms with E-state index < -0.39 is 4.92 Å². The topological polar surface area (TPSA) is 104 Å². The summed E-state index contributed by atoms with van der Waals surface area (Å²) in [6, 6.07) is 7.70. The first kappa shape index (κ1) is 19.1. The van der Waals surface area contributed by atoms with Gasteiger partial charge in [0.2, 0.25) is 0 Å². The Morgan fingerprint density at radius 3 is 2.74 bits per heavy atom. The van der Waals surface area contributed by atoms with Crippen molar-refractivity contribution in [3.05, 3.63) is 50.5 Å². The number of rotatable bonds is 6. The number of thiazole rings is 1. The predicted molar refractivity (Wildman–Crippen MR) is 106 cm³/mol. The summed E-state index contributed by atoms with van der Waals surface area (Å²) in [4.78, 5) is 27.4. The third-order valence-corrected chi connectivity index (χ3v) is 5.13. The summed E-state index contributed by atoms with van der Waals surface area (Å²) in [5.74, 6) is 0.567. The van der Waals surface area contributed by atoms with Crippen molar-refractivity contribution >= 4 is 54.2 Å². The number of amides is 1. The molecule has 0 fully saturated rings. The van der Waals surface area contributed by atoms with Crippen LogP contribution in [0.5, 0.6) is 11.5 Å². The number of hydrogen-bond acceptors (Lipinski definition) is 7. The van der Waals surface area contributed by atoms with Gasteiger partial charge < -0.3 is 9.47 Å². The first-order valence-electron chi connectivity index (χ1n) is 7.79. The molecular weight excluding hydrogens is 438 g/mol. The van der Waals surface area contributed by atoms with Crippen LogP contribution in [0.2, 0.25) is 0 Å². The lowest BCUT2D eigenvalue weighted by Crippen LogP contribution is -2.11. The zero-order valence-corrected chi connectivity index (χ0v) is 16.7. The Bertz CT molecular complexity index is 1040. The average molecular weight is 452 g/mol. The van der Waals surface area contributed by atoms with Gasteiger partial charge in [-0.15, -0.1) is 0 Å². The highest BCUT2D eigenvalue weighted by molar-refractivity contribution is 9.10. The number of hydrogen-bond donors (Lipinski definition) is 1. The largest absolute Gasteiger partial charge is 0.494 e. The Balaban J connectivity index is 1.89. The molecule has 0 aliphatic heterocycles. The van der Waals surface area contributed by atoms with E-state index in [0.29, 0.717) is 37.7 Å². The van der Waals surface area contributed by atoms with Gasteiger partial charge in [0.05, 0.1) is 33.9 Å². The third kappa shape index (κ3) is 4.01. The van der Waals surface area contributed by atoms with E-state index >= 15 is 0 Å². The molecule has 27 heavy (non-hydrogen) atoms. The van der Waals surface area contributed by atoms with Crippen molar-refractivity contribution in [3.63, 3.8) is 0 Å². The summed E-state index contributed by atoms with van der Waals surface area (Å²) in [5, 5.41) is 14.1. The number of methoxy groups -OCH3 is 1. The Labute approximate surface area is 166 Å². The lowest BCUT2D eigenvalue weighted by Gasteiger charge is -2.07. The van der Waals surface area contributed by atoms with Gasteiger partial charge in [-0.2, -0.15) is 0 Å². The highest BCUT2D eigenvalue weighted by atomic mass is 79.9. The van der Waals surface area contributed by atoms with E-state index in [1.165, 1.54) is 19.2 Å². The fraction of sp³-hybridized carbons (Fsp3) is 0.176. The Morgan fingerprint density at radius 1 is 1.33 bits per heavy atom. The maximum absolute atomic E-state index is 12.5. The van der Waals surface area contributed by atoms with E-state index in [-0.39, 0.29) is 17.3 Å². The van der Waals surface area contributed by atoms with Crippen LogP contribution in [0.4, 0.5) is 10.8 Å². The molecule has 0 aliphatic rings. The number of carbonyl (C=O) groups excluding carboxylic acids is 1. The predicted octanol–water partition coefficient (Wildman–Crippen LogP) is 4.63. The lowest BCUT2D eigenvalue weighted by atomic mass is 10.2. The number of halogens is 1. The molecule has 0 radical (unpaired) electrons. The van der Waals surface area contributed by atoms with Gasteiger partial charge in [0.25, 0.3) is 11.6 Å². The highest BCUT2D eigenvalue weighted by Crippen LogP contribution is 2.36. The maximum atomic E-state index is 12.5. The van der Waals surface area contributed by atoms with E-state index in [1.54, 1.807) is 18.2 Å². The summed E-state index contributed by atoms with van der Waals surface area (Å²) < 4.78 is 11.8. The molecule has 0 atom stereocenters. The molecule has 2 aromatic carbocycles. The lowest BCUT2D eigenvalue weighted by molar-refractivity contribution is -0.384. The van der Waals surface area contributed by atoms with Crippen molar-refractivity contribution in [2.75, 3.05) is 19.0 Å². The van der Waals surface area contributed by atoms with E-state index in [4.69, 9.17) is 9.47 Å². The fourth-order valence-electron chi connectivity index (χ4n) is 2.38. The molecule has 1 N–H and O–H groups in total. The number of carbonyl (C=O) groups is 1. The van der Waals surface area contributed by atoms with Crippen LogP contribution in [0.25, 0.3) is 10.2 Å². The van der Waals surface area contributed by atoms with Crippen LogP contribution in [-0.2, 0) is 0 Å². The average Bonchev–Trinajstić information content (AvgIpc) is 3.04. The molecule has 3 rings (SSSR count). The molecule has 0 aliphatic carbocycles. The first-order valence-corrected chi connectivity index (χ1v) is 9.40. The number of benzene rings is 2. The first-order chi connectivity index (χ1) is 12.9. The molecular formula is C17H14BrN3O5S. The Morgan fingerprint density at radius 2 is 2.11 bits per heavy atom. The molecule has 0 unspecified atom stereocenters. The number of nitro benzene ring substituents is 1. The smallest absolute Gasteiger partial charge is 0.274 e. The van der Waals surface area contributed by atoms with Crippen LogP contribution in [-0.4, -0.2) is 29.5 Å². The van der Waals surface area contributed by atoms with Crippen molar-refractivity contribution in [1.29, 1.82) is 0 Å². The van der Waals surface area contributed by atoms with Gasteiger partial charge in [-0.05, 0) is 41.1 Å². The zero-order chi connectivity index (χ0) is 19.6. The van der Waals surface area contributed by atoms with Crippen LogP contribution in [0.1, 0.15) is 17.3 Å². The summed E-state index contributed by atoms with van der Waals surface area (Å²) in [5.41, 5.74) is 0.773. The molecule has 140 valence electrons. The van der Waals surface area contributed by atoms with Gasteiger partial charge in [0.15, 0.2) is 10.9 Å². The number of nitro groups is 1. The standard InChI is InChI=1S/C17H14BrN3O5S/c1-3-26-12-5-4-9(6-11(12)18)16(22)20-17-19-15-13(25-2)7-10(21(23)24)8-14(15)27-17/h4-8H,3H2,1-2H3,(H,19,20,22). The number of anilines is 1. The van der Waals surface area contributed by atoms with Gasteiger partial charge in [-0.3, -0.25) is 20.2 Å². The molecule has 10 heteroatoms. The summed E-state index contributed by atoms with van der Waals surface area (Å²) in [6.45, 7) is 2.39. The van der Waals surface area contributed by atoms with Gasteiger partial charge in [0.1, 0.15) is 11.3 Å². The summed E-state index contributed by atoms with van der Waals surface area (Å²) in [7, 11) is 1.41. The van der Waals surface area contributed by atoms with E-state index in [2.05, 4.69) is 26.2 Å². The second kappa shape index (κ2) is 7.89. The molecule has 0 spiro atoms. The monoisotopic (exact) mass is 451 g/mol. The number of nitrogens with zero attached hydrogens (tertiary/aromatic N) is 2. The minimum Gasteiger partial charge on any atom is -0.494 e. The van der Waals surface area contributed by atoms with Crippen molar-refractivity contribution in [1.82, 2.24) is 4.98 Å². The summed E-state index contributed by atoms with van der Waals surface area (Å²) >= 11 is 4.50. The molecule has 3 aromatic rings. The van der Waals surface area contributed by atoms with Crippen LogP contribution >= 0.6 is 27.3 Å². The van der Waals surface area contributed by atoms with Crippen LogP contribution in [0, 0.1) is 10.1 Å². The highest BCUT2D eigenvalue weighted by Gasteiger charge is 2.18. The molecule has 0 saturated carbocycles. The van der Waals surface area contributed by atoms with Gasteiger partial charge in [-0.25, -0.2) is 4.98 Å². The van der Waals surface area contributed by atoms with E-state index in [9.17, 15) is 14.9 Å². The molecule has 1 aromatic heterocycles. The normalized spacial score (nSPS) is 10.6. The third-order valence-electron chi connectivity index (χ3n) is 3.59. The van der Waals surface area contributed by atoms with Crippen molar-refractivity contribution in [2.24, 2.45) is 0 Å². The minimum absolute atomic E-state index is 0.101. The fourth-order valence-corrected chi connectivity index (χ4v) is 3.79. The van der Waals surface area contributed by atoms with Crippen LogP contribution in [0.3, 0.4) is 0 Å². The van der Waals surface area contributed by atoms with Crippen molar-refractivity contribution < 1.29 is 19.2 Å². The van der Waals surface area contributed by atoms with E-state index in [0.717, 1.165) is 11.3 Å². The molecule has 0 bridgehead atoms. The molecule has 8 nitrogen and oxygen atoms in total. The minimum atomic E-state index is -0.503. The SMILES string of the molecule is CCOc1ccc(C(=O)Nc2nc3c(OC)cc([N+](=O)[O-])cc3s2)cc1Br. The van der Waals surface area contributed by atoms with Gasteiger partial charge in [0, 0.05) is 11.6 Å². The number of non-ortho nitro benzene ring substituents is 1. The Kier molecular flexibility index (Phi) is 5.57. The van der Waals surface area contributed by atoms with Crippen molar-refractivity contribution in [3.8, 4) is 11.5 Å². The number of nitrogens with one attached hydrogen (secondary N) is 1. The van der Waals surface area contributed by atoms with Crippen LogP contribution < -0.4 is 14.8 Å². The molecule has 0 saturated heterocycles. The van der Waals surface area contributed by atoms with E-state index in [1.807, 2.05) is 6.92 Å². The second-order valence-corrected chi connectivity index (χ2v) is 7.19.